The highest BCUT2D eigenvalue weighted by molar-refractivity contribution is 6.30. The molecule has 2 rings (SSSR count). The van der Waals surface area contributed by atoms with Crippen molar-refractivity contribution in [3.8, 4) is 0 Å². The Kier molecular flexibility index (Phi) is 3.57. The van der Waals surface area contributed by atoms with E-state index in [-0.39, 0.29) is 17.9 Å². The standard InChI is InChI=1S/C13H16ClN3O/c1-8(2)7-17-11(12(15)16-13(17)18)9-4-3-5-10(14)6-9/h3-6,8,11H,7H2,1-2H3,(H2,15,16,18). The smallest absolute Gasteiger partial charge is 0.310 e. The van der Waals surface area contributed by atoms with Crippen LogP contribution in [0.25, 0.3) is 0 Å². The van der Waals surface area contributed by atoms with Crippen LogP contribution in [0.5, 0.6) is 0 Å². The maximum absolute atomic E-state index is 11.8. The molecule has 1 heterocycles. The highest BCUT2D eigenvalue weighted by Crippen LogP contribution is 2.28. The molecule has 2 amide bonds. The van der Waals surface area contributed by atoms with Gasteiger partial charge in [-0.2, -0.15) is 0 Å². The van der Waals surface area contributed by atoms with E-state index in [0.29, 0.717) is 17.5 Å². The molecule has 2 N–H and O–H groups in total. The first-order chi connectivity index (χ1) is 8.49. The average Bonchev–Trinajstić information content (AvgIpc) is 2.53. The molecule has 0 spiro atoms. The van der Waals surface area contributed by atoms with Crippen molar-refractivity contribution in [1.82, 2.24) is 10.2 Å². The molecule has 0 saturated carbocycles. The summed E-state index contributed by atoms with van der Waals surface area (Å²) in [7, 11) is 0. The molecule has 96 valence electrons. The van der Waals surface area contributed by atoms with Crippen LogP contribution in [0.2, 0.25) is 5.02 Å². The second kappa shape index (κ2) is 4.98. The van der Waals surface area contributed by atoms with Crippen molar-refractivity contribution < 1.29 is 4.79 Å². The average molecular weight is 266 g/mol. The van der Waals surface area contributed by atoms with Gasteiger partial charge in [0.2, 0.25) is 0 Å². The number of nitrogens with one attached hydrogen (secondary N) is 2. The second-order valence-electron chi connectivity index (χ2n) is 4.85. The van der Waals surface area contributed by atoms with Crippen molar-refractivity contribution in [2.24, 2.45) is 5.92 Å². The first kappa shape index (κ1) is 12.9. The Morgan fingerprint density at radius 2 is 2.22 bits per heavy atom. The predicted molar refractivity (Wildman–Crippen MR) is 72.0 cm³/mol. The molecule has 1 unspecified atom stereocenters. The molecule has 0 aromatic heterocycles. The number of benzene rings is 1. The highest BCUT2D eigenvalue weighted by atomic mass is 35.5. The summed E-state index contributed by atoms with van der Waals surface area (Å²) >= 11 is 5.97. The number of urea groups is 1. The van der Waals surface area contributed by atoms with E-state index in [4.69, 9.17) is 17.0 Å². The normalized spacial score (nSPS) is 19.6. The first-order valence-electron chi connectivity index (χ1n) is 5.90. The number of carbonyl (C=O) groups is 1. The van der Waals surface area contributed by atoms with E-state index in [9.17, 15) is 4.79 Å². The van der Waals surface area contributed by atoms with Gasteiger partial charge in [-0.25, -0.2) is 4.79 Å². The third-order valence-corrected chi connectivity index (χ3v) is 3.05. The van der Waals surface area contributed by atoms with Crippen LogP contribution in [0.3, 0.4) is 0 Å². The molecule has 1 aliphatic rings. The van der Waals surface area contributed by atoms with Crippen LogP contribution in [-0.2, 0) is 0 Å². The lowest BCUT2D eigenvalue weighted by atomic mass is 10.0. The molecule has 1 atom stereocenters. The van der Waals surface area contributed by atoms with Crippen LogP contribution in [0.1, 0.15) is 25.5 Å². The zero-order chi connectivity index (χ0) is 13.3. The van der Waals surface area contributed by atoms with Gasteiger partial charge in [0.05, 0.1) is 0 Å². The number of hydrogen-bond donors (Lipinski definition) is 2. The summed E-state index contributed by atoms with van der Waals surface area (Å²) in [6, 6.07) is 6.75. The minimum Gasteiger partial charge on any atom is -0.310 e. The summed E-state index contributed by atoms with van der Waals surface area (Å²) in [6.07, 6.45) is 0. The lowest BCUT2D eigenvalue weighted by Crippen LogP contribution is -2.33. The van der Waals surface area contributed by atoms with Crippen LogP contribution >= 0.6 is 11.6 Å². The van der Waals surface area contributed by atoms with Gasteiger partial charge in [0, 0.05) is 11.6 Å². The van der Waals surface area contributed by atoms with Crippen LogP contribution in [0.4, 0.5) is 4.79 Å². The molecule has 0 bridgehead atoms. The quantitative estimate of drug-likeness (QED) is 0.867. The molecular formula is C13H16ClN3O. The topological polar surface area (TPSA) is 56.2 Å². The maximum Gasteiger partial charge on any atom is 0.323 e. The van der Waals surface area contributed by atoms with Crippen LogP contribution in [0, 0.1) is 11.3 Å². The van der Waals surface area contributed by atoms with Crippen LogP contribution in [0.15, 0.2) is 24.3 Å². The first-order valence-corrected chi connectivity index (χ1v) is 6.28. The van der Waals surface area contributed by atoms with Gasteiger partial charge >= 0.3 is 6.03 Å². The number of rotatable bonds is 3. The van der Waals surface area contributed by atoms with Gasteiger partial charge < -0.3 is 4.90 Å². The van der Waals surface area contributed by atoms with Gasteiger partial charge in [0.15, 0.2) is 0 Å². The summed E-state index contributed by atoms with van der Waals surface area (Å²) in [4.78, 5) is 13.5. The van der Waals surface area contributed by atoms with Gasteiger partial charge in [-0.15, -0.1) is 0 Å². The van der Waals surface area contributed by atoms with E-state index in [1.165, 1.54) is 0 Å². The minimum atomic E-state index is -0.349. The largest absolute Gasteiger partial charge is 0.323 e. The zero-order valence-electron chi connectivity index (χ0n) is 10.4. The Labute approximate surface area is 111 Å². The maximum atomic E-state index is 11.8. The Bertz CT molecular complexity index is 487. The lowest BCUT2D eigenvalue weighted by Gasteiger charge is -2.24. The fourth-order valence-electron chi connectivity index (χ4n) is 2.13. The molecule has 1 fully saturated rings. The van der Waals surface area contributed by atoms with Crippen molar-refractivity contribution in [2.75, 3.05) is 6.54 Å². The number of amides is 2. The Balaban J connectivity index is 2.33. The van der Waals surface area contributed by atoms with E-state index >= 15 is 0 Å². The Morgan fingerprint density at radius 3 is 2.83 bits per heavy atom. The van der Waals surface area contributed by atoms with Crippen molar-refractivity contribution in [3.63, 3.8) is 0 Å². The van der Waals surface area contributed by atoms with Crippen molar-refractivity contribution in [3.05, 3.63) is 34.9 Å². The second-order valence-corrected chi connectivity index (χ2v) is 5.28. The fraction of sp³-hybridized carbons (Fsp3) is 0.385. The molecule has 1 aromatic carbocycles. The van der Waals surface area contributed by atoms with Gasteiger partial charge in [-0.05, 0) is 23.6 Å². The predicted octanol–water partition coefficient (Wildman–Crippen LogP) is 3.04. The number of nitrogens with zero attached hydrogens (tertiary/aromatic N) is 1. The van der Waals surface area contributed by atoms with E-state index in [2.05, 4.69) is 5.32 Å². The number of hydrogen-bond acceptors (Lipinski definition) is 2. The highest BCUT2D eigenvalue weighted by Gasteiger charge is 2.36. The molecule has 4 nitrogen and oxygen atoms in total. The molecule has 1 aliphatic heterocycles. The summed E-state index contributed by atoms with van der Waals surface area (Å²) in [5.41, 5.74) is 0.867. The SMILES string of the molecule is CC(C)CN1C(=O)NC(=N)C1c1cccc(Cl)c1. The van der Waals surface area contributed by atoms with Crippen LogP contribution in [-0.4, -0.2) is 23.3 Å². The zero-order valence-corrected chi connectivity index (χ0v) is 11.2. The van der Waals surface area contributed by atoms with Gasteiger partial charge in [-0.3, -0.25) is 10.7 Å². The number of amidine groups is 1. The summed E-state index contributed by atoms with van der Waals surface area (Å²) in [6.45, 7) is 4.71. The number of halogens is 1. The molecule has 0 radical (unpaired) electrons. The van der Waals surface area contributed by atoms with Crippen molar-refractivity contribution >= 4 is 23.5 Å². The van der Waals surface area contributed by atoms with E-state index in [0.717, 1.165) is 5.56 Å². The van der Waals surface area contributed by atoms with Crippen molar-refractivity contribution in [1.29, 1.82) is 5.41 Å². The molecular weight excluding hydrogens is 250 g/mol. The minimum absolute atomic E-state index is 0.210. The van der Waals surface area contributed by atoms with Gasteiger partial charge in [-0.1, -0.05) is 37.6 Å². The van der Waals surface area contributed by atoms with Crippen LogP contribution < -0.4 is 5.32 Å². The van der Waals surface area contributed by atoms with E-state index in [1.807, 2.05) is 26.0 Å². The van der Waals surface area contributed by atoms with E-state index in [1.54, 1.807) is 17.0 Å². The Morgan fingerprint density at radius 1 is 1.50 bits per heavy atom. The van der Waals surface area contributed by atoms with Gasteiger partial charge in [0.25, 0.3) is 0 Å². The Hall–Kier alpha value is -1.55. The molecule has 5 heteroatoms. The molecule has 0 aliphatic carbocycles. The fourth-order valence-corrected chi connectivity index (χ4v) is 2.33. The van der Waals surface area contributed by atoms with Gasteiger partial charge in [0.1, 0.15) is 11.9 Å². The third kappa shape index (κ3) is 2.48. The third-order valence-electron chi connectivity index (χ3n) is 2.81. The summed E-state index contributed by atoms with van der Waals surface area (Å²) in [5.74, 6) is 0.561. The molecule has 18 heavy (non-hydrogen) atoms. The molecule has 1 aromatic rings. The summed E-state index contributed by atoms with van der Waals surface area (Å²) in [5, 5.41) is 11.1. The number of carbonyl (C=O) groups excluding carboxylic acids is 1. The van der Waals surface area contributed by atoms with Crippen molar-refractivity contribution in [2.45, 2.75) is 19.9 Å². The summed E-state index contributed by atoms with van der Waals surface area (Å²) < 4.78 is 0. The monoisotopic (exact) mass is 265 g/mol. The van der Waals surface area contributed by atoms with E-state index < -0.39 is 0 Å². The molecule has 1 saturated heterocycles. The lowest BCUT2D eigenvalue weighted by molar-refractivity contribution is 0.198.